The monoisotopic (exact) mass is 490 g/mol. The maximum Gasteiger partial charge on any atom is 0.123 e. The number of halogens is 2. The van der Waals surface area contributed by atoms with E-state index in [9.17, 15) is 4.39 Å². The number of benzene rings is 5. The minimum Gasteiger partial charge on any atom is -0.207 e. The molecule has 0 heterocycles. The van der Waals surface area contributed by atoms with Crippen molar-refractivity contribution in [3.8, 4) is 22.3 Å². The zero-order valence-electron chi connectivity index (χ0n) is 17.8. The first kappa shape index (κ1) is 20.1. The molecule has 158 valence electrons. The molecule has 1 aliphatic carbocycles. The van der Waals surface area contributed by atoms with Crippen LogP contribution in [0.25, 0.3) is 22.3 Å². The fourth-order valence-electron chi connectivity index (χ4n) is 5.38. The summed E-state index contributed by atoms with van der Waals surface area (Å²) in [6.45, 7) is 0. The van der Waals surface area contributed by atoms with Crippen LogP contribution in [-0.2, 0) is 5.41 Å². The SMILES string of the molecule is Fc1ccc(-c2cccc3c2-c2ccc(Br)cc2C3(c2ccccc2)c2ccccc2)cc1. The zero-order chi connectivity index (χ0) is 22.4. The molecular weight excluding hydrogens is 471 g/mol. The molecule has 0 N–H and O–H groups in total. The summed E-state index contributed by atoms with van der Waals surface area (Å²) in [5.41, 5.74) is 9.04. The fourth-order valence-corrected chi connectivity index (χ4v) is 5.74. The van der Waals surface area contributed by atoms with Gasteiger partial charge in [-0.05, 0) is 68.8 Å². The first-order chi connectivity index (χ1) is 16.2. The quantitative estimate of drug-likeness (QED) is 0.233. The fraction of sp³-hybridized carbons (Fsp3) is 0.0323. The molecule has 0 nitrogen and oxygen atoms in total. The van der Waals surface area contributed by atoms with Gasteiger partial charge in [0.2, 0.25) is 0 Å². The van der Waals surface area contributed by atoms with Gasteiger partial charge in [-0.1, -0.05) is 113 Å². The van der Waals surface area contributed by atoms with E-state index in [-0.39, 0.29) is 5.82 Å². The van der Waals surface area contributed by atoms with Gasteiger partial charge in [0.1, 0.15) is 5.82 Å². The molecule has 0 saturated carbocycles. The Morgan fingerprint density at radius 3 is 1.82 bits per heavy atom. The van der Waals surface area contributed by atoms with Crippen molar-refractivity contribution in [2.75, 3.05) is 0 Å². The van der Waals surface area contributed by atoms with Crippen molar-refractivity contribution in [1.82, 2.24) is 0 Å². The van der Waals surface area contributed by atoms with Crippen LogP contribution < -0.4 is 0 Å². The molecule has 0 atom stereocenters. The lowest BCUT2D eigenvalue weighted by atomic mass is 9.67. The van der Waals surface area contributed by atoms with Crippen molar-refractivity contribution < 1.29 is 4.39 Å². The van der Waals surface area contributed by atoms with E-state index in [4.69, 9.17) is 0 Å². The van der Waals surface area contributed by atoms with Gasteiger partial charge in [-0.15, -0.1) is 0 Å². The summed E-state index contributed by atoms with van der Waals surface area (Å²) < 4.78 is 14.8. The number of fused-ring (bicyclic) bond motifs is 3. The first-order valence-electron chi connectivity index (χ1n) is 11.0. The van der Waals surface area contributed by atoms with Gasteiger partial charge in [0.05, 0.1) is 5.41 Å². The largest absolute Gasteiger partial charge is 0.207 e. The molecule has 6 rings (SSSR count). The Morgan fingerprint density at radius 1 is 0.545 bits per heavy atom. The van der Waals surface area contributed by atoms with Gasteiger partial charge in [0.25, 0.3) is 0 Å². The predicted molar refractivity (Wildman–Crippen MR) is 137 cm³/mol. The highest BCUT2D eigenvalue weighted by atomic mass is 79.9. The van der Waals surface area contributed by atoms with Crippen LogP contribution in [-0.4, -0.2) is 0 Å². The van der Waals surface area contributed by atoms with E-state index < -0.39 is 5.41 Å². The lowest BCUT2D eigenvalue weighted by Gasteiger charge is -2.34. The van der Waals surface area contributed by atoms with Gasteiger partial charge in [-0.3, -0.25) is 0 Å². The van der Waals surface area contributed by atoms with E-state index in [1.807, 2.05) is 12.1 Å². The van der Waals surface area contributed by atoms with E-state index in [1.165, 1.54) is 45.5 Å². The van der Waals surface area contributed by atoms with Crippen LogP contribution in [0.15, 0.2) is 126 Å². The van der Waals surface area contributed by atoms with Crippen molar-refractivity contribution >= 4 is 15.9 Å². The summed E-state index contributed by atoms with van der Waals surface area (Å²) in [4.78, 5) is 0. The van der Waals surface area contributed by atoms with E-state index in [0.29, 0.717) is 0 Å². The standard InChI is InChI=1S/C31H20BrF/c32-24-16-19-27-29(20-24)31(22-8-3-1-4-9-22,23-10-5-2-6-11-23)28-13-7-12-26(30(27)28)21-14-17-25(33)18-15-21/h1-20H. The van der Waals surface area contributed by atoms with E-state index in [2.05, 4.69) is 113 Å². The molecule has 33 heavy (non-hydrogen) atoms. The Hall–Kier alpha value is -3.49. The summed E-state index contributed by atoms with van der Waals surface area (Å²) in [6, 6.07) is 41.3. The van der Waals surface area contributed by atoms with Gasteiger partial charge in [-0.25, -0.2) is 4.39 Å². The molecule has 0 spiro atoms. The van der Waals surface area contributed by atoms with Gasteiger partial charge in [0.15, 0.2) is 0 Å². The summed E-state index contributed by atoms with van der Waals surface area (Å²) in [5, 5.41) is 0. The second-order valence-electron chi connectivity index (χ2n) is 8.41. The molecule has 0 aromatic heterocycles. The second kappa shape index (κ2) is 7.83. The van der Waals surface area contributed by atoms with E-state index in [0.717, 1.165) is 15.6 Å². The molecule has 0 saturated heterocycles. The van der Waals surface area contributed by atoms with Crippen molar-refractivity contribution in [1.29, 1.82) is 0 Å². The van der Waals surface area contributed by atoms with Crippen LogP contribution in [0.2, 0.25) is 0 Å². The number of hydrogen-bond acceptors (Lipinski definition) is 0. The summed E-state index contributed by atoms with van der Waals surface area (Å²) in [6.07, 6.45) is 0. The Morgan fingerprint density at radius 2 is 1.18 bits per heavy atom. The van der Waals surface area contributed by atoms with Crippen LogP contribution in [0.1, 0.15) is 22.3 Å². The highest BCUT2D eigenvalue weighted by Gasteiger charge is 2.46. The first-order valence-corrected chi connectivity index (χ1v) is 11.8. The normalized spacial score (nSPS) is 13.4. The topological polar surface area (TPSA) is 0 Å². The lowest BCUT2D eigenvalue weighted by Crippen LogP contribution is -2.28. The Balaban J connectivity index is 1.78. The van der Waals surface area contributed by atoms with Crippen LogP contribution in [0.4, 0.5) is 4.39 Å². The third-order valence-electron chi connectivity index (χ3n) is 6.69. The van der Waals surface area contributed by atoms with Crippen LogP contribution >= 0.6 is 15.9 Å². The highest BCUT2D eigenvalue weighted by molar-refractivity contribution is 9.10. The van der Waals surface area contributed by atoms with Crippen LogP contribution in [0, 0.1) is 5.82 Å². The molecule has 5 aromatic rings. The smallest absolute Gasteiger partial charge is 0.123 e. The van der Waals surface area contributed by atoms with Crippen LogP contribution in [0.5, 0.6) is 0 Å². The van der Waals surface area contributed by atoms with Crippen molar-refractivity contribution in [3.63, 3.8) is 0 Å². The van der Waals surface area contributed by atoms with Gasteiger partial charge in [-0.2, -0.15) is 0 Å². The van der Waals surface area contributed by atoms with Gasteiger partial charge < -0.3 is 0 Å². The average Bonchev–Trinajstić information content (AvgIpc) is 3.16. The Labute approximate surface area is 201 Å². The number of hydrogen-bond donors (Lipinski definition) is 0. The third-order valence-corrected chi connectivity index (χ3v) is 7.19. The van der Waals surface area contributed by atoms with Crippen molar-refractivity contribution in [2.45, 2.75) is 5.41 Å². The third kappa shape index (κ3) is 3.02. The minimum absolute atomic E-state index is 0.224. The molecule has 0 fully saturated rings. The van der Waals surface area contributed by atoms with E-state index >= 15 is 0 Å². The molecular formula is C31H20BrF. The van der Waals surface area contributed by atoms with Crippen molar-refractivity contribution in [2.24, 2.45) is 0 Å². The molecule has 2 heteroatoms. The molecule has 1 aliphatic rings. The predicted octanol–water partition coefficient (Wildman–Crippen LogP) is 8.62. The van der Waals surface area contributed by atoms with Gasteiger partial charge >= 0.3 is 0 Å². The second-order valence-corrected chi connectivity index (χ2v) is 9.32. The average molecular weight is 491 g/mol. The molecule has 0 bridgehead atoms. The maximum atomic E-state index is 13.7. The number of rotatable bonds is 3. The van der Waals surface area contributed by atoms with E-state index in [1.54, 1.807) is 0 Å². The molecule has 5 aromatic carbocycles. The lowest BCUT2D eigenvalue weighted by molar-refractivity contribution is 0.628. The summed E-state index contributed by atoms with van der Waals surface area (Å²) in [5.74, 6) is -0.224. The van der Waals surface area contributed by atoms with Crippen molar-refractivity contribution in [3.05, 3.63) is 154 Å². The molecule has 0 unspecified atom stereocenters. The summed E-state index contributed by atoms with van der Waals surface area (Å²) >= 11 is 3.74. The minimum atomic E-state index is -0.451. The summed E-state index contributed by atoms with van der Waals surface area (Å²) in [7, 11) is 0. The maximum absolute atomic E-state index is 13.7. The molecule has 0 amide bonds. The Kier molecular flexibility index (Phi) is 4.78. The Bertz CT molecular complexity index is 1420. The molecule has 0 aliphatic heterocycles. The zero-order valence-corrected chi connectivity index (χ0v) is 19.4. The van der Waals surface area contributed by atoms with Gasteiger partial charge in [0, 0.05) is 4.47 Å². The van der Waals surface area contributed by atoms with Crippen LogP contribution in [0.3, 0.4) is 0 Å². The molecule has 0 radical (unpaired) electrons. The highest BCUT2D eigenvalue weighted by Crippen LogP contribution is 2.58.